The van der Waals surface area contributed by atoms with Crippen molar-refractivity contribution in [1.82, 2.24) is 19.8 Å². The molecule has 8 heteroatoms. The lowest BCUT2D eigenvalue weighted by atomic mass is 10.1. The van der Waals surface area contributed by atoms with E-state index in [1.807, 2.05) is 0 Å². The average Bonchev–Trinajstić information content (AvgIpc) is 2.76. The van der Waals surface area contributed by atoms with E-state index < -0.39 is 15.6 Å². The summed E-state index contributed by atoms with van der Waals surface area (Å²) in [5.74, 6) is 0. The van der Waals surface area contributed by atoms with E-state index in [2.05, 4.69) is 29.0 Å². The molecule has 1 aromatic heterocycles. The van der Waals surface area contributed by atoms with Gasteiger partial charge < -0.3 is 10.1 Å². The maximum atomic E-state index is 12.3. The van der Waals surface area contributed by atoms with Crippen LogP contribution in [0.25, 0.3) is 0 Å². The Balaban J connectivity index is 2.70. The number of nitrogens with zero attached hydrogens (tertiary/aromatic N) is 2. The molecular formula is C13H26N4O3S. The predicted molar refractivity (Wildman–Crippen MR) is 81.6 cm³/mol. The zero-order valence-corrected chi connectivity index (χ0v) is 14.2. The van der Waals surface area contributed by atoms with E-state index >= 15 is 0 Å². The minimum Gasteiger partial charge on any atom is -0.383 e. The van der Waals surface area contributed by atoms with Crippen LogP contribution in [0.2, 0.25) is 0 Å². The zero-order valence-electron chi connectivity index (χ0n) is 13.4. The van der Waals surface area contributed by atoms with Crippen LogP contribution in [-0.2, 0) is 21.3 Å². The molecule has 1 aromatic rings. The Labute approximate surface area is 127 Å². The van der Waals surface area contributed by atoms with E-state index in [0.29, 0.717) is 19.2 Å². The summed E-state index contributed by atoms with van der Waals surface area (Å²) in [5.41, 5.74) is -0.672. The van der Waals surface area contributed by atoms with Crippen molar-refractivity contribution in [1.29, 1.82) is 0 Å². The third kappa shape index (κ3) is 6.13. The van der Waals surface area contributed by atoms with E-state index in [1.54, 1.807) is 18.5 Å². The van der Waals surface area contributed by atoms with E-state index in [4.69, 9.17) is 4.74 Å². The molecule has 0 aliphatic rings. The molecule has 0 saturated heterocycles. The second kappa shape index (κ2) is 7.35. The van der Waals surface area contributed by atoms with Crippen molar-refractivity contribution in [2.24, 2.45) is 0 Å². The van der Waals surface area contributed by atoms with Crippen LogP contribution >= 0.6 is 0 Å². The highest BCUT2D eigenvalue weighted by molar-refractivity contribution is 7.89. The number of ether oxygens (including phenoxy) is 1. The van der Waals surface area contributed by atoms with Crippen LogP contribution < -0.4 is 10.0 Å². The summed E-state index contributed by atoms with van der Waals surface area (Å²) < 4.78 is 33.8. The Kier molecular flexibility index (Phi) is 6.33. The Bertz CT molecular complexity index is 537. The predicted octanol–water partition coefficient (Wildman–Crippen LogP) is 0.584. The summed E-state index contributed by atoms with van der Waals surface area (Å²) in [6.07, 6.45) is 2.90. The van der Waals surface area contributed by atoms with Gasteiger partial charge in [0.2, 0.25) is 10.0 Å². The van der Waals surface area contributed by atoms with Crippen molar-refractivity contribution >= 4 is 10.0 Å². The molecule has 0 atom stereocenters. The highest BCUT2D eigenvalue weighted by Crippen LogP contribution is 2.12. The van der Waals surface area contributed by atoms with Gasteiger partial charge in [-0.2, -0.15) is 5.10 Å². The van der Waals surface area contributed by atoms with Gasteiger partial charge in [-0.3, -0.25) is 4.68 Å². The van der Waals surface area contributed by atoms with E-state index in [1.165, 1.54) is 19.5 Å². The first-order valence-electron chi connectivity index (χ1n) is 6.95. The molecule has 21 heavy (non-hydrogen) atoms. The molecule has 0 aliphatic carbocycles. The van der Waals surface area contributed by atoms with Crippen LogP contribution in [0.15, 0.2) is 17.3 Å². The topological polar surface area (TPSA) is 85.2 Å². The maximum Gasteiger partial charge on any atom is 0.244 e. The van der Waals surface area contributed by atoms with Crippen molar-refractivity contribution in [2.75, 3.05) is 20.3 Å². The molecule has 0 unspecified atom stereocenters. The Morgan fingerprint density at radius 1 is 1.43 bits per heavy atom. The van der Waals surface area contributed by atoms with Crippen LogP contribution in [0.4, 0.5) is 0 Å². The van der Waals surface area contributed by atoms with Crippen LogP contribution in [-0.4, -0.2) is 50.0 Å². The van der Waals surface area contributed by atoms with Crippen LogP contribution in [0.3, 0.4) is 0 Å². The Morgan fingerprint density at radius 3 is 2.67 bits per heavy atom. The van der Waals surface area contributed by atoms with Crippen molar-refractivity contribution in [3.63, 3.8) is 0 Å². The molecule has 0 aliphatic heterocycles. The van der Waals surface area contributed by atoms with Gasteiger partial charge in [0, 0.05) is 25.9 Å². The molecule has 0 fully saturated rings. The van der Waals surface area contributed by atoms with Crippen molar-refractivity contribution in [3.05, 3.63) is 12.4 Å². The van der Waals surface area contributed by atoms with Gasteiger partial charge in [0.25, 0.3) is 0 Å². The van der Waals surface area contributed by atoms with Gasteiger partial charge in [-0.05, 0) is 13.8 Å². The summed E-state index contributed by atoms with van der Waals surface area (Å²) in [4.78, 5) is 0.163. The van der Waals surface area contributed by atoms with Gasteiger partial charge in [-0.1, -0.05) is 13.8 Å². The van der Waals surface area contributed by atoms with Gasteiger partial charge in [-0.15, -0.1) is 0 Å². The molecule has 0 saturated carbocycles. The molecular weight excluding hydrogens is 292 g/mol. The van der Waals surface area contributed by atoms with Crippen molar-refractivity contribution < 1.29 is 13.2 Å². The molecule has 122 valence electrons. The smallest absolute Gasteiger partial charge is 0.244 e. The Morgan fingerprint density at radius 2 is 2.10 bits per heavy atom. The van der Waals surface area contributed by atoms with Crippen molar-refractivity contribution in [2.45, 2.75) is 50.7 Å². The summed E-state index contributed by atoms with van der Waals surface area (Å²) in [7, 11) is -2.06. The van der Waals surface area contributed by atoms with Crippen LogP contribution in [0.5, 0.6) is 0 Å². The first kappa shape index (κ1) is 18.1. The number of rotatable bonds is 9. The number of nitrogens with one attached hydrogen (secondary N) is 2. The second-order valence-corrected chi connectivity index (χ2v) is 7.65. The zero-order chi connectivity index (χ0) is 16.1. The molecule has 0 aromatic carbocycles. The number of hydrogen-bond acceptors (Lipinski definition) is 5. The minimum absolute atomic E-state index is 0.163. The van der Waals surface area contributed by atoms with Crippen LogP contribution in [0, 0.1) is 0 Å². The fourth-order valence-corrected chi connectivity index (χ4v) is 3.24. The van der Waals surface area contributed by atoms with E-state index in [-0.39, 0.29) is 4.90 Å². The monoisotopic (exact) mass is 318 g/mol. The Hall–Kier alpha value is -0.960. The highest BCUT2D eigenvalue weighted by atomic mass is 32.2. The van der Waals surface area contributed by atoms with Gasteiger partial charge in [0.15, 0.2) is 0 Å². The molecule has 0 radical (unpaired) electrons. The molecule has 0 amide bonds. The number of hydrogen-bond donors (Lipinski definition) is 2. The maximum absolute atomic E-state index is 12.3. The number of aromatic nitrogens is 2. The molecule has 1 rings (SSSR count). The second-order valence-electron chi connectivity index (χ2n) is 5.97. The third-order valence-electron chi connectivity index (χ3n) is 2.73. The standard InChI is InChI=1S/C13H26N4O3S/c1-11(2)14-6-7-17-9-12(8-15-17)21(18,19)16-13(3,4)10-20-5/h8-9,11,14,16H,6-7,10H2,1-5H3. The van der Waals surface area contributed by atoms with E-state index in [0.717, 1.165) is 6.54 Å². The molecule has 0 spiro atoms. The highest BCUT2D eigenvalue weighted by Gasteiger charge is 2.27. The molecule has 2 N–H and O–H groups in total. The fourth-order valence-electron chi connectivity index (χ4n) is 1.89. The first-order chi connectivity index (χ1) is 9.66. The summed E-state index contributed by atoms with van der Waals surface area (Å²) in [6.45, 7) is 9.30. The van der Waals surface area contributed by atoms with E-state index in [9.17, 15) is 8.42 Å². The average molecular weight is 318 g/mol. The SMILES string of the molecule is COCC(C)(C)NS(=O)(=O)c1cnn(CCNC(C)C)c1. The lowest BCUT2D eigenvalue weighted by Crippen LogP contribution is -2.46. The molecule has 0 bridgehead atoms. The number of methoxy groups -OCH3 is 1. The van der Waals surface area contributed by atoms with Crippen LogP contribution in [0.1, 0.15) is 27.7 Å². The molecule has 7 nitrogen and oxygen atoms in total. The first-order valence-corrected chi connectivity index (χ1v) is 8.43. The van der Waals surface area contributed by atoms with Gasteiger partial charge >= 0.3 is 0 Å². The summed E-state index contributed by atoms with van der Waals surface area (Å²) in [5, 5.41) is 7.34. The largest absolute Gasteiger partial charge is 0.383 e. The minimum atomic E-state index is -3.59. The quantitative estimate of drug-likeness (QED) is 0.696. The number of sulfonamides is 1. The normalized spacial score (nSPS) is 13.0. The lowest BCUT2D eigenvalue weighted by Gasteiger charge is -2.24. The van der Waals surface area contributed by atoms with Gasteiger partial charge in [-0.25, -0.2) is 13.1 Å². The summed E-state index contributed by atoms with van der Waals surface area (Å²) in [6, 6.07) is 0.389. The van der Waals surface area contributed by atoms with Gasteiger partial charge in [0.05, 0.1) is 24.9 Å². The summed E-state index contributed by atoms with van der Waals surface area (Å²) >= 11 is 0. The van der Waals surface area contributed by atoms with Gasteiger partial charge in [0.1, 0.15) is 4.90 Å². The third-order valence-corrected chi connectivity index (χ3v) is 4.38. The van der Waals surface area contributed by atoms with Crippen molar-refractivity contribution in [3.8, 4) is 0 Å². The fraction of sp³-hybridized carbons (Fsp3) is 0.769. The lowest BCUT2D eigenvalue weighted by molar-refractivity contribution is 0.141. The molecule has 1 heterocycles.